The number of methoxy groups -OCH3 is 1. The van der Waals surface area contributed by atoms with E-state index in [2.05, 4.69) is 15.3 Å². The minimum absolute atomic E-state index is 0.0905. The quantitative estimate of drug-likeness (QED) is 0.687. The van der Waals surface area contributed by atoms with E-state index in [1.807, 2.05) is 36.4 Å². The number of benzene rings is 2. The van der Waals surface area contributed by atoms with Gasteiger partial charge in [-0.3, -0.25) is 14.6 Å². The lowest BCUT2D eigenvalue weighted by Crippen LogP contribution is -2.25. The normalized spacial score (nSPS) is 12.9. The summed E-state index contributed by atoms with van der Waals surface area (Å²) in [6.07, 6.45) is 0.492. The highest BCUT2D eigenvalue weighted by molar-refractivity contribution is 8.14. The van der Waals surface area contributed by atoms with Crippen molar-refractivity contribution >= 4 is 57.4 Å². The van der Waals surface area contributed by atoms with Crippen LogP contribution in [-0.2, 0) is 20.9 Å². The summed E-state index contributed by atoms with van der Waals surface area (Å²) in [7, 11) is 1.35. The Morgan fingerprint density at radius 3 is 2.48 bits per heavy atom. The van der Waals surface area contributed by atoms with Crippen LogP contribution in [0.2, 0.25) is 5.02 Å². The van der Waals surface area contributed by atoms with Crippen molar-refractivity contribution in [1.82, 2.24) is 5.32 Å². The number of carbonyl (C=O) groups excluding carboxylic acids is 2. The Morgan fingerprint density at radius 1 is 1.10 bits per heavy atom. The summed E-state index contributed by atoms with van der Waals surface area (Å²) in [5.74, 6) is -0.232. The molecule has 1 aliphatic rings. The molecule has 0 saturated heterocycles. The smallest absolute Gasteiger partial charge is 0.311 e. The lowest BCUT2D eigenvalue weighted by atomic mass is 10.2. The molecule has 2 aromatic rings. The van der Waals surface area contributed by atoms with Crippen LogP contribution >= 0.6 is 23.4 Å². The van der Waals surface area contributed by atoms with Crippen LogP contribution in [-0.4, -0.2) is 35.5 Å². The van der Waals surface area contributed by atoms with Crippen LogP contribution in [0.3, 0.4) is 0 Å². The lowest BCUT2D eigenvalue weighted by Gasteiger charge is -2.08. The van der Waals surface area contributed by atoms with E-state index in [0.29, 0.717) is 29.4 Å². The Labute approximate surface area is 178 Å². The molecule has 0 saturated carbocycles. The van der Waals surface area contributed by atoms with Crippen molar-refractivity contribution < 1.29 is 14.3 Å². The third kappa shape index (κ3) is 6.44. The number of halogens is 1. The highest BCUT2D eigenvalue weighted by Crippen LogP contribution is 2.32. The van der Waals surface area contributed by atoms with Crippen LogP contribution in [0, 0.1) is 0 Å². The van der Waals surface area contributed by atoms with Gasteiger partial charge in [0.05, 0.1) is 35.7 Å². The second-order valence-electron chi connectivity index (χ2n) is 6.29. The second kappa shape index (κ2) is 10.2. The Bertz CT molecular complexity index is 958. The maximum absolute atomic E-state index is 12.2. The molecule has 0 aromatic heterocycles. The van der Waals surface area contributed by atoms with Gasteiger partial charge in [-0.15, -0.1) is 11.8 Å². The Hall–Kier alpha value is -2.64. The minimum Gasteiger partial charge on any atom is -0.469 e. The van der Waals surface area contributed by atoms with Crippen molar-refractivity contribution in [3.63, 3.8) is 0 Å². The SMILES string of the molecule is COC(=O)CC1=Nc2ccccc2N=C(SCC(=O)NCc2ccc(Cl)cc2)C1. The molecule has 0 aliphatic carbocycles. The van der Waals surface area contributed by atoms with Crippen LogP contribution < -0.4 is 5.32 Å². The molecular formula is C21H20ClN3O3S. The van der Waals surface area contributed by atoms with Crippen molar-refractivity contribution in [2.24, 2.45) is 9.98 Å². The number of esters is 1. The molecule has 29 heavy (non-hydrogen) atoms. The van der Waals surface area contributed by atoms with Gasteiger partial charge in [0.2, 0.25) is 5.91 Å². The van der Waals surface area contributed by atoms with Crippen LogP contribution in [0.15, 0.2) is 58.5 Å². The number of amides is 1. The maximum Gasteiger partial charge on any atom is 0.311 e. The van der Waals surface area contributed by atoms with Gasteiger partial charge in [0.15, 0.2) is 0 Å². The van der Waals surface area contributed by atoms with Crippen molar-refractivity contribution in [1.29, 1.82) is 0 Å². The third-order valence-electron chi connectivity index (χ3n) is 4.11. The Balaban J connectivity index is 1.62. The van der Waals surface area contributed by atoms with Gasteiger partial charge in [-0.2, -0.15) is 0 Å². The predicted octanol–water partition coefficient (Wildman–Crippen LogP) is 4.46. The number of aliphatic imine (C=N–C) groups is 2. The minimum atomic E-state index is -0.354. The third-order valence-corrected chi connectivity index (χ3v) is 5.34. The molecule has 150 valence electrons. The van der Waals surface area contributed by atoms with Crippen LogP contribution in [0.4, 0.5) is 11.4 Å². The number of nitrogens with zero attached hydrogens (tertiary/aromatic N) is 2. The number of thioether (sulfide) groups is 1. The van der Waals surface area contributed by atoms with E-state index in [-0.39, 0.29) is 24.1 Å². The lowest BCUT2D eigenvalue weighted by molar-refractivity contribution is -0.139. The molecule has 2 aromatic carbocycles. The predicted molar refractivity (Wildman–Crippen MR) is 118 cm³/mol. The van der Waals surface area contributed by atoms with Crippen molar-refractivity contribution in [3.05, 3.63) is 59.1 Å². The largest absolute Gasteiger partial charge is 0.469 e. The summed E-state index contributed by atoms with van der Waals surface area (Å²) in [6.45, 7) is 0.431. The van der Waals surface area contributed by atoms with Crippen LogP contribution in [0.5, 0.6) is 0 Å². The molecule has 0 spiro atoms. The summed E-state index contributed by atoms with van der Waals surface area (Å²) >= 11 is 7.21. The molecule has 6 nitrogen and oxygen atoms in total. The highest BCUT2D eigenvalue weighted by atomic mass is 35.5. The zero-order valence-electron chi connectivity index (χ0n) is 15.9. The molecule has 0 bridgehead atoms. The summed E-state index contributed by atoms with van der Waals surface area (Å²) in [4.78, 5) is 33.1. The zero-order valence-corrected chi connectivity index (χ0v) is 17.4. The van der Waals surface area contributed by atoms with Crippen LogP contribution in [0.1, 0.15) is 18.4 Å². The Morgan fingerprint density at radius 2 is 1.79 bits per heavy atom. The number of carbonyl (C=O) groups is 2. The van der Waals surface area contributed by atoms with E-state index in [1.165, 1.54) is 18.9 Å². The molecule has 1 aliphatic heterocycles. The summed E-state index contributed by atoms with van der Waals surface area (Å²) in [5.41, 5.74) is 3.06. The first kappa shape index (κ1) is 21.1. The molecule has 1 heterocycles. The average Bonchev–Trinajstić information content (AvgIpc) is 2.90. The van der Waals surface area contributed by atoms with E-state index in [1.54, 1.807) is 12.1 Å². The van der Waals surface area contributed by atoms with Gasteiger partial charge in [-0.05, 0) is 29.8 Å². The van der Waals surface area contributed by atoms with E-state index < -0.39 is 0 Å². The van der Waals surface area contributed by atoms with E-state index in [0.717, 1.165) is 16.3 Å². The average molecular weight is 430 g/mol. The summed E-state index contributed by atoms with van der Waals surface area (Å²) in [6, 6.07) is 14.8. The first-order valence-electron chi connectivity index (χ1n) is 8.97. The van der Waals surface area contributed by atoms with Gasteiger partial charge in [0.1, 0.15) is 0 Å². The molecule has 8 heteroatoms. The highest BCUT2D eigenvalue weighted by Gasteiger charge is 2.17. The summed E-state index contributed by atoms with van der Waals surface area (Å²) in [5, 5.41) is 4.28. The van der Waals surface area contributed by atoms with Gasteiger partial charge in [0.25, 0.3) is 0 Å². The number of rotatable bonds is 6. The number of hydrogen-bond donors (Lipinski definition) is 1. The molecule has 0 atom stereocenters. The van der Waals surface area contributed by atoms with Crippen LogP contribution in [0.25, 0.3) is 0 Å². The molecule has 0 radical (unpaired) electrons. The second-order valence-corrected chi connectivity index (χ2v) is 7.78. The topological polar surface area (TPSA) is 80.1 Å². The van der Waals surface area contributed by atoms with Gasteiger partial charge in [0, 0.05) is 23.7 Å². The fourth-order valence-electron chi connectivity index (χ4n) is 2.64. The van der Waals surface area contributed by atoms with E-state index >= 15 is 0 Å². The monoisotopic (exact) mass is 429 g/mol. The molecule has 3 rings (SSSR count). The molecular weight excluding hydrogens is 410 g/mol. The number of hydrogen-bond acceptors (Lipinski definition) is 6. The number of para-hydroxylation sites is 2. The molecule has 0 fully saturated rings. The van der Waals surface area contributed by atoms with Crippen molar-refractivity contribution in [3.8, 4) is 0 Å². The Kier molecular flexibility index (Phi) is 7.43. The van der Waals surface area contributed by atoms with Gasteiger partial charge >= 0.3 is 5.97 Å². The van der Waals surface area contributed by atoms with Crippen molar-refractivity contribution in [2.75, 3.05) is 12.9 Å². The first-order chi connectivity index (χ1) is 14.0. The standard InChI is InChI=1S/C21H20ClN3O3S/c1-28-21(27)11-16-10-20(25-18-5-3-2-4-17(18)24-16)29-13-19(26)23-12-14-6-8-15(22)9-7-14/h2-9H,10-13H2,1H3,(H,23,26). The zero-order chi connectivity index (χ0) is 20.6. The maximum atomic E-state index is 12.2. The molecule has 1 amide bonds. The first-order valence-corrected chi connectivity index (χ1v) is 10.3. The van der Waals surface area contributed by atoms with Gasteiger partial charge in [-0.25, -0.2) is 4.99 Å². The fraction of sp³-hybridized carbons (Fsp3) is 0.238. The van der Waals surface area contributed by atoms with Gasteiger partial charge < -0.3 is 10.1 Å². The summed E-state index contributed by atoms with van der Waals surface area (Å²) < 4.78 is 4.76. The van der Waals surface area contributed by atoms with Gasteiger partial charge in [-0.1, -0.05) is 35.9 Å². The van der Waals surface area contributed by atoms with E-state index in [9.17, 15) is 9.59 Å². The molecule has 1 N–H and O–H groups in total. The molecule has 0 unspecified atom stereocenters. The number of nitrogens with one attached hydrogen (secondary N) is 1. The fourth-order valence-corrected chi connectivity index (χ4v) is 3.60. The number of fused-ring (bicyclic) bond motifs is 1. The van der Waals surface area contributed by atoms with Crippen molar-refractivity contribution in [2.45, 2.75) is 19.4 Å². The number of ether oxygens (including phenoxy) is 1. The van der Waals surface area contributed by atoms with E-state index in [4.69, 9.17) is 16.3 Å².